The zero-order chi connectivity index (χ0) is 14.5. The number of ether oxygens (including phenoxy) is 1. The van der Waals surface area contributed by atoms with E-state index in [2.05, 4.69) is 29.4 Å². The minimum absolute atomic E-state index is 0.105. The molecule has 0 atom stereocenters. The van der Waals surface area contributed by atoms with E-state index in [4.69, 9.17) is 4.74 Å². The van der Waals surface area contributed by atoms with Crippen LogP contribution in [0.5, 0.6) is 5.75 Å². The molecule has 108 valence electrons. The van der Waals surface area contributed by atoms with Crippen LogP contribution >= 0.6 is 15.9 Å². The highest BCUT2D eigenvalue weighted by Gasteiger charge is 2.21. The summed E-state index contributed by atoms with van der Waals surface area (Å²) in [5.74, 6) is 1.56. The average molecular weight is 338 g/mol. The molecule has 1 aromatic rings. The van der Waals surface area contributed by atoms with Crippen LogP contribution in [0.15, 0.2) is 35.3 Å². The summed E-state index contributed by atoms with van der Waals surface area (Å²) < 4.78 is 6.29. The van der Waals surface area contributed by atoms with Gasteiger partial charge in [-0.3, -0.25) is 4.79 Å². The Balaban J connectivity index is 2.06. The van der Waals surface area contributed by atoms with Crippen molar-refractivity contribution in [3.8, 4) is 5.75 Å². The zero-order valence-corrected chi connectivity index (χ0v) is 13.4. The molecule has 0 N–H and O–H groups in total. The number of hydrogen-bond donors (Lipinski definition) is 0. The van der Waals surface area contributed by atoms with E-state index in [1.54, 1.807) is 6.08 Å². The lowest BCUT2D eigenvalue weighted by molar-refractivity contribution is 0.0697. The Bertz CT molecular complexity index is 493. The van der Waals surface area contributed by atoms with Gasteiger partial charge >= 0.3 is 0 Å². The Hall–Kier alpha value is -1.29. The third-order valence-corrected chi connectivity index (χ3v) is 4.23. The largest absolute Gasteiger partial charge is 0.488 e. The number of piperidine rings is 1. The summed E-state index contributed by atoms with van der Waals surface area (Å²) in [4.78, 5) is 14.4. The van der Waals surface area contributed by atoms with Crippen molar-refractivity contribution in [1.82, 2.24) is 4.90 Å². The predicted molar refractivity (Wildman–Crippen MR) is 84.1 cm³/mol. The smallest absolute Gasteiger partial charge is 0.253 e. The topological polar surface area (TPSA) is 29.5 Å². The first-order valence-electron chi connectivity index (χ1n) is 6.94. The number of carbonyl (C=O) groups excluding carboxylic acids is 1. The molecule has 0 unspecified atom stereocenters. The molecule has 20 heavy (non-hydrogen) atoms. The van der Waals surface area contributed by atoms with Gasteiger partial charge in [-0.1, -0.05) is 19.6 Å². The number of hydrogen-bond acceptors (Lipinski definition) is 2. The van der Waals surface area contributed by atoms with Crippen molar-refractivity contribution in [3.63, 3.8) is 0 Å². The van der Waals surface area contributed by atoms with Crippen LogP contribution < -0.4 is 4.74 Å². The number of benzene rings is 1. The highest BCUT2D eigenvalue weighted by Crippen LogP contribution is 2.27. The molecule has 3 nitrogen and oxygen atoms in total. The fourth-order valence-corrected chi connectivity index (χ4v) is 2.79. The van der Waals surface area contributed by atoms with Crippen LogP contribution in [0.4, 0.5) is 0 Å². The van der Waals surface area contributed by atoms with Crippen LogP contribution in [-0.4, -0.2) is 30.5 Å². The molecule has 0 saturated carbocycles. The van der Waals surface area contributed by atoms with E-state index in [9.17, 15) is 4.79 Å². The van der Waals surface area contributed by atoms with Crippen molar-refractivity contribution >= 4 is 21.8 Å². The van der Waals surface area contributed by atoms with Crippen molar-refractivity contribution in [1.29, 1.82) is 0 Å². The molecule has 2 rings (SSSR count). The van der Waals surface area contributed by atoms with Gasteiger partial charge in [-0.25, -0.2) is 0 Å². The summed E-state index contributed by atoms with van der Waals surface area (Å²) in [6.45, 7) is 8.02. The van der Waals surface area contributed by atoms with Crippen molar-refractivity contribution in [2.45, 2.75) is 19.8 Å². The van der Waals surface area contributed by atoms with Crippen molar-refractivity contribution in [2.75, 3.05) is 19.7 Å². The maximum absolute atomic E-state index is 12.4. The Kier molecular flexibility index (Phi) is 5.24. The van der Waals surface area contributed by atoms with Gasteiger partial charge in [-0.15, -0.1) is 0 Å². The highest BCUT2D eigenvalue weighted by molar-refractivity contribution is 9.10. The van der Waals surface area contributed by atoms with Gasteiger partial charge in [0.1, 0.15) is 12.4 Å². The van der Waals surface area contributed by atoms with Crippen molar-refractivity contribution in [2.24, 2.45) is 5.92 Å². The molecule has 1 aliphatic rings. The van der Waals surface area contributed by atoms with E-state index in [1.807, 2.05) is 23.1 Å². The Morgan fingerprint density at radius 1 is 1.50 bits per heavy atom. The van der Waals surface area contributed by atoms with Gasteiger partial charge in [-0.2, -0.15) is 0 Å². The SMILES string of the molecule is C=CCOc1ccc(C(=O)N2CCC(C)CC2)cc1Br. The molecule has 1 heterocycles. The molecule has 1 saturated heterocycles. The van der Waals surface area contributed by atoms with Gasteiger partial charge in [-0.05, 0) is 52.9 Å². The first-order valence-corrected chi connectivity index (χ1v) is 7.73. The third-order valence-electron chi connectivity index (χ3n) is 3.61. The fourth-order valence-electron chi connectivity index (χ4n) is 2.29. The molecule has 1 aromatic carbocycles. The van der Waals surface area contributed by atoms with Crippen LogP contribution in [0.25, 0.3) is 0 Å². The summed E-state index contributed by atoms with van der Waals surface area (Å²) in [5.41, 5.74) is 0.706. The molecular weight excluding hydrogens is 318 g/mol. The Morgan fingerprint density at radius 3 is 2.80 bits per heavy atom. The number of nitrogens with zero attached hydrogens (tertiary/aromatic N) is 1. The lowest BCUT2D eigenvalue weighted by Gasteiger charge is -2.30. The van der Waals surface area contributed by atoms with Crippen LogP contribution in [0.1, 0.15) is 30.1 Å². The number of amides is 1. The van der Waals surface area contributed by atoms with E-state index in [-0.39, 0.29) is 5.91 Å². The average Bonchev–Trinajstić information content (AvgIpc) is 2.46. The predicted octanol–water partition coefficient (Wildman–Crippen LogP) is 3.89. The van der Waals surface area contributed by atoms with E-state index >= 15 is 0 Å². The summed E-state index contributed by atoms with van der Waals surface area (Å²) >= 11 is 3.45. The van der Waals surface area contributed by atoms with Gasteiger partial charge in [0.25, 0.3) is 5.91 Å². The maximum atomic E-state index is 12.4. The summed E-state index contributed by atoms with van der Waals surface area (Å²) in [7, 11) is 0. The summed E-state index contributed by atoms with van der Waals surface area (Å²) in [6, 6.07) is 5.48. The lowest BCUT2D eigenvalue weighted by Crippen LogP contribution is -2.37. The summed E-state index contributed by atoms with van der Waals surface area (Å²) in [6.07, 6.45) is 3.88. The lowest BCUT2D eigenvalue weighted by atomic mass is 9.98. The molecule has 1 fully saturated rings. The highest BCUT2D eigenvalue weighted by atomic mass is 79.9. The fraction of sp³-hybridized carbons (Fsp3) is 0.438. The number of rotatable bonds is 4. The minimum Gasteiger partial charge on any atom is -0.488 e. The second-order valence-electron chi connectivity index (χ2n) is 5.22. The second kappa shape index (κ2) is 6.93. The van der Waals surface area contributed by atoms with Gasteiger partial charge in [0.15, 0.2) is 0 Å². The Morgan fingerprint density at radius 2 is 2.20 bits per heavy atom. The van der Waals surface area contributed by atoms with Gasteiger partial charge in [0.2, 0.25) is 0 Å². The van der Waals surface area contributed by atoms with Crippen molar-refractivity contribution < 1.29 is 9.53 Å². The van der Waals surface area contributed by atoms with E-state index in [0.29, 0.717) is 12.2 Å². The first kappa shape index (κ1) is 15.1. The molecule has 1 amide bonds. The molecular formula is C16H20BrNO2. The van der Waals surface area contributed by atoms with Crippen LogP contribution in [-0.2, 0) is 0 Å². The quantitative estimate of drug-likeness (QED) is 0.780. The number of halogens is 1. The van der Waals surface area contributed by atoms with E-state index in [0.717, 1.165) is 42.1 Å². The van der Waals surface area contributed by atoms with Crippen molar-refractivity contribution in [3.05, 3.63) is 40.9 Å². The third kappa shape index (κ3) is 3.63. The molecule has 0 spiro atoms. The van der Waals surface area contributed by atoms with Crippen LogP contribution in [0.3, 0.4) is 0 Å². The zero-order valence-electron chi connectivity index (χ0n) is 11.8. The second-order valence-corrected chi connectivity index (χ2v) is 6.07. The molecule has 4 heteroatoms. The molecule has 0 bridgehead atoms. The standard InChI is InChI=1S/C16H20BrNO2/c1-3-10-20-15-5-4-13(11-14(15)17)16(19)18-8-6-12(2)7-9-18/h3-5,11-12H,1,6-10H2,2H3. The monoisotopic (exact) mass is 337 g/mol. The van der Waals surface area contributed by atoms with Crippen LogP contribution in [0.2, 0.25) is 0 Å². The Labute approximate surface area is 128 Å². The molecule has 1 aliphatic heterocycles. The molecule has 0 aromatic heterocycles. The van der Waals surface area contributed by atoms with E-state index < -0.39 is 0 Å². The number of likely N-dealkylation sites (tertiary alicyclic amines) is 1. The molecule has 0 aliphatic carbocycles. The maximum Gasteiger partial charge on any atom is 0.253 e. The minimum atomic E-state index is 0.105. The van der Waals surface area contributed by atoms with Gasteiger partial charge in [0.05, 0.1) is 4.47 Å². The van der Waals surface area contributed by atoms with Gasteiger partial charge < -0.3 is 9.64 Å². The van der Waals surface area contributed by atoms with Crippen LogP contribution in [0, 0.1) is 5.92 Å². The van der Waals surface area contributed by atoms with Gasteiger partial charge in [0, 0.05) is 18.7 Å². The normalized spacial score (nSPS) is 16.0. The summed E-state index contributed by atoms with van der Waals surface area (Å²) in [5, 5.41) is 0. The number of carbonyl (C=O) groups is 1. The first-order chi connectivity index (χ1) is 9.61. The van der Waals surface area contributed by atoms with E-state index in [1.165, 1.54) is 0 Å². The molecule has 0 radical (unpaired) electrons.